The zero-order valence-corrected chi connectivity index (χ0v) is 25.6. The van der Waals surface area contributed by atoms with E-state index in [-0.39, 0.29) is 6.09 Å². The molecular formula is C33H42N4O3S. The zero-order chi connectivity index (χ0) is 28.6. The third-order valence-electron chi connectivity index (χ3n) is 8.42. The molecule has 1 atom stereocenters. The molecule has 8 heteroatoms. The molecule has 0 N–H and O–H groups in total. The van der Waals surface area contributed by atoms with E-state index in [4.69, 9.17) is 14.5 Å². The van der Waals surface area contributed by atoms with E-state index in [0.717, 1.165) is 43.9 Å². The number of imidazole rings is 1. The average Bonchev–Trinajstić information content (AvgIpc) is 3.68. The number of amides is 1. The van der Waals surface area contributed by atoms with Gasteiger partial charge in [0, 0.05) is 44.7 Å². The van der Waals surface area contributed by atoms with Gasteiger partial charge >= 0.3 is 6.09 Å². The van der Waals surface area contributed by atoms with E-state index >= 15 is 0 Å². The molecule has 0 spiro atoms. The number of nitrogens with zero attached hydrogens (tertiary/aromatic N) is 4. The Morgan fingerprint density at radius 1 is 1.12 bits per heavy atom. The van der Waals surface area contributed by atoms with Crippen LogP contribution >= 0.6 is 11.3 Å². The van der Waals surface area contributed by atoms with E-state index in [9.17, 15) is 4.79 Å². The van der Waals surface area contributed by atoms with Gasteiger partial charge in [-0.1, -0.05) is 18.6 Å². The minimum atomic E-state index is -0.466. The molecule has 1 amide bonds. The molecule has 4 aromatic rings. The van der Waals surface area contributed by atoms with Gasteiger partial charge in [0.25, 0.3) is 0 Å². The lowest BCUT2D eigenvalue weighted by Gasteiger charge is -2.24. The molecule has 1 aliphatic heterocycles. The molecule has 218 valence electrons. The number of aromatic nitrogens is 3. The Labute approximate surface area is 247 Å². The van der Waals surface area contributed by atoms with Crippen molar-refractivity contribution in [2.24, 2.45) is 13.0 Å². The highest BCUT2D eigenvalue weighted by Gasteiger charge is 2.30. The van der Waals surface area contributed by atoms with E-state index in [2.05, 4.69) is 64.2 Å². The van der Waals surface area contributed by atoms with Gasteiger partial charge in [0.05, 0.1) is 28.2 Å². The predicted molar refractivity (Wildman–Crippen MR) is 165 cm³/mol. The quantitative estimate of drug-likeness (QED) is 0.206. The van der Waals surface area contributed by atoms with E-state index < -0.39 is 5.60 Å². The van der Waals surface area contributed by atoms with Crippen LogP contribution in [0.5, 0.6) is 5.75 Å². The number of ether oxygens (including phenoxy) is 2. The van der Waals surface area contributed by atoms with Crippen LogP contribution in [-0.2, 0) is 24.8 Å². The maximum Gasteiger partial charge on any atom is 0.410 e. The van der Waals surface area contributed by atoms with E-state index in [0.29, 0.717) is 25.0 Å². The number of benzene rings is 1. The summed E-state index contributed by atoms with van der Waals surface area (Å²) in [6.45, 7) is 8.68. The number of carbonyl (C=O) groups is 1. The van der Waals surface area contributed by atoms with Gasteiger partial charge in [-0.3, -0.25) is 0 Å². The van der Waals surface area contributed by atoms with Crippen molar-refractivity contribution >= 4 is 27.6 Å². The number of hydrogen-bond acceptors (Lipinski definition) is 5. The number of likely N-dealkylation sites (tertiary alicyclic amines) is 1. The normalized spacial score (nSPS) is 17.8. The number of thiophene rings is 1. The molecule has 0 bridgehead atoms. The summed E-state index contributed by atoms with van der Waals surface area (Å²) in [6, 6.07) is 13.0. The van der Waals surface area contributed by atoms with Crippen molar-refractivity contribution in [3.63, 3.8) is 0 Å². The highest BCUT2D eigenvalue weighted by molar-refractivity contribution is 7.17. The summed E-state index contributed by atoms with van der Waals surface area (Å²) in [5.41, 5.74) is 4.59. The van der Waals surface area contributed by atoms with Crippen LogP contribution in [-0.4, -0.2) is 50.4 Å². The first-order chi connectivity index (χ1) is 19.7. The fourth-order valence-electron chi connectivity index (χ4n) is 5.86. The molecule has 6 rings (SSSR count). The van der Waals surface area contributed by atoms with Gasteiger partial charge in [0.15, 0.2) is 5.82 Å². The van der Waals surface area contributed by atoms with Crippen LogP contribution < -0.4 is 4.74 Å². The Morgan fingerprint density at radius 3 is 2.63 bits per heavy atom. The van der Waals surface area contributed by atoms with Crippen molar-refractivity contribution in [3.05, 3.63) is 59.2 Å². The maximum atomic E-state index is 12.3. The molecule has 1 aliphatic carbocycles. The van der Waals surface area contributed by atoms with E-state index in [1.807, 2.05) is 20.8 Å². The molecule has 0 radical (unpaired) electrons. The summed E-state index contributed by atoms with van der Waals surface area (Å²) in [4.78, 5) is 19.3. The van der Waals surface area contributed by atoms with Crippen molar-refractivity contribution in [1.29, 1.82) is 0 Å². The van der Waals surface area contributed by atoms with Crippen LogP contribution in [0.15, 0.2) is 48.0 Å². The second-order valence-electron chi connectivity index (χ2n) is 12.7. The molecule has 3 aromatic heterocycles. The van der Waals surface area contributed by atoms with Crippen LogP contribution in [0.2, 0.25) is 0 Å². The third kappa shape index (κ3) is 6.32. The van der Waals surface area contributed by atoms with E-state index in [1.165, 1.54) is 46.4 Å². The minimum absolute atomic E-state index is 0.227. The Balaban J connectivity index is 1.02. The first-order valence-corrected chi connectivity index (χ1v) is 15.9. The molecule has 1 saturated carbocycles. The average molecular weight is 575 g/mol. The van der Waals surface area contributed by atoms with Crippen LogP contribution in [0, 0.1) is 5.92 Å². The van der Waals surface area contributed by atoms with Gasteiger partial charge < -0.3 is 23.5 Å². The lowest BCUT2D eigenvalue weighted by molar-refractivity contribution is 0.0285. The molecular weight excluding hydrogens is 532 g/mol. The van der Waals surface area contributed by atoms with Crippen molar-refractivity contribution in [1.82, 2.24) is 19.0 Å². The fraction of sp³-hybridized carbons (Fsp3) is 0.515. The summed E-state index contributed by atoms with van der Waals surface area (Å²) >= 11 is 1.79. The minimum Gasteiger partial charge on any atom is -0.493 e. The lowest BCUT2D eigenvalue weighted by Crippen LogP contribution is -2.35. The van der Waals surface area contributed by atoms with Crippen LogP contribution in [0.3, 0.4) is 0 Å². The van der Waals surface area contributed by atoms with Gasteiger partial charge in [-0.25, -0.2) is 9.78 Å². The summed E-state index contributed by atoms with van der Waals surface area (Å²) in [5, 5.41) is 2.16. The van der Waals surface area contributed by atoms with Crippen LogP contribution in [0.1, 0.15) is 70.1 Å². The number of hydrogen-bond donors (Lipinski definition) is 0. The second-order valence-corrected chi connectivity index (χ2v) is 13.7. The Morgan fingerprint density at radius 2 is 1.93 bits per heavy atom. The van der Waals surface area contributed by atoms with Crippen LogP contribution in [0.4, 0.5) is 4.79 Å². The summed E-state index contributed by atoms with van der Waals surface area (Å²) in [7, 11) is 2.15. The molecule has 1 aromatic carbocycles. The van der Waals surface area contributed by atoms with Crippen LogP contribution in [0.25, 0.3) is 21.7 Å². The number of fused-ring (bicyclic) bond motifs is 1. The van der Waals surface area contributed by atoms with E-state index in [1.54, 1.807) is 16.2 Å². The Kier molecular flexibility index (Phi) is 7.86. The Hall–Kier alpha value is -3.26. The topological polar surface area (TPSA) is 61.5 Å². The third-order valence-corrected chi connectivity index (χ3v) is 9.28. The fourth-order valence-corrected chi connectivity index (χ4v) is 6.71. The van der Waals surface area contributed by atoms with Gasteiger partial charge in [0.1, 0.15) is 11.4 Å². The second kappa shape index (κ2) is 11.6. The van der Waals surface area contributed by atoms with Gasteiger partial charge in [-0.2, -0.15) is 0 Å². The highest BCUT2D eigenvalue weighted by atomic mass is 32.1. The molecule has 1 saturated heterocycles. The summed E-state index contributed by atoms with van der Waals surface area (Å²) in [5.74, 6) is 2.93. The standard InChI is InChI=1S/C33H42N4O3S/c1-33(2,3)40-32(38)37-17-14-24(20-37)22-39-26-12-10-23(11-13-26)7-6-16-36-21-27(25-8-5-9-25)34-31(36)29-19-30-28(35(29)4)15-18-41-30/h10-13,15,18-19,21,24-25H,5-9,14,16-17,20,22H2,1-4H3/t24-/m0/s1. The van der Waals surface area contributed by atoms with Gasteiger partial charge in [-0.15, -0.1) is 11.3 Å². The number of rotatable bonds is 9. The highest BCUT2D eigenvalue weighted by Crippen LogP contribution is 2.38. The van der Waals surface area contributed by atoms with Crippen molar-refractivity contribution in [2.75, 3.05) is 19.7 Å². The van der Waals surface area contributed by atoms with Crippen molar-refractivity contribution in [2.45, 2.75) is 77.4 Å². The molecule has 2 fully saturated rings. The molecule has 7 nitrogen and oxygen atoms in total. The lowest BCUT2D eigenvalue weighted by atomic mass is 9.83. The molecule has 2 aliphatic rings. The predicted octanol–water partition coefficient (Wildman–Crippen LogP) is 7.64. The zero-order valence-electron chi connectivity index (χ0n) is 24.8. The first kappa shape index (κ1) is 27.9. The van der Waals surface area contributed by atoms with Crippen molar-refractivity contribution in [3.8, 4) is 17.3 Å². The maximum absolute atomic E-state index is 12.3. The first-order valence-electron chi connectivity index (χ1n) is 15.0. The monoisotopic (exact) mass is 574 g/mol. The molecule has 41 heavy (non-hydrogen) atoms. The summed E-state index contributed by atoms with van der Waals surface area (Å²) < 4.78 is 17.6. The Bertz CT molecular complexity index is 1490. The van der Waals surface area contributed by atoms with Gasteiger partial charge in [-0.05, 0) is 88.1 Å². The van der Waals surface area contributed by atoms with Gasteiger partial charge in [0.2, 0.25) is 0 Å². The summed E-state index contributed by atoms with van der Waals surface area (Å²) in [6.07, 6.45) is 8.92. The molecule has 4 heterocycles. The SMILES string of the molecule is Cn1c(-c2nc(C3CCC3)cn2CCCc2ccc(OC[C@H]3CCN(C(=O)OC(C)(C)C)C3)cc2)cc2sccc21. The number of aryl methyl sites for hydroxylation is 3. The van der Waals surface area contributed by atoms with Crippen molar-refractivity contribution < 1.29 is 14.3 Å². The number of carbonyl (C=O) groups excluding carboxylic acids is 1. The smallest absolute Gasteiger partial charge is 0.410 e. The largest absolute Gasteiger partial charge is 0.493 e. The molecule has 0 unspecified atom stereocenters.